The van der Waals surface area contributed by atoms with Crippen LogP contribution in [0.2, 0.25) is 0 Å². The molecule has 5 heteroatoms. The maximum absolute atomic E-state index is 13.8. The number of nitrogens with one attached hydrogen (secondary N) is 1. The molecule has 1 N–H and O–H groups in total. The van der Waals surface area contributed by atoms with E-state index in [1.165, 1.54) is 0 Å². The summed E-state index contributed by atoms with van der Waals surface area (Å²) in [4.78, 5) is 15.7. The smallest absolute Gasteiger partial charge is 0.323 e. The van der Waals surface area contributed by atoms with Gasteiger partial charge in [0, 0.05) is 11.9 Å². The van der Waals surface area contributed by atoms with Gasteiger partial charge in [-0.1, -0.05) is 54.6 Å². The summed E-state index contributed by atoms with van der Waals surface area (Å²) in [5.41, 5.74) is 6.01. The number of benzene rings is 3. The van der Waals surface area contributed by atoms with Crippen molar-refractivity contribution in [3.8, 4) is 11.4 Å². The van der Waals surface area contributed by atoms with E-state index in [0.717, 1.165) is 28.1 Å². The summed E-state index contributed by atoms with van der Waals surface area (Å²) in [6.45, 7) is 2.48. The first kappa shape index (κ1) is 19.9. The van der Waals surface area contributed by atoms with Gasteiger partial charge >= 0.3 is 6.03 Å². The van der Waals surface area contributed by atoms with E-state index >= 15 is 0 Å². The van der Waals surface area contributed by atoms with Crippen LogP contribution < -0.4 is 10.1 Å². The fraction of sp³-hybridized carbons (Fsp3) is 0.148. The zero-order chi connectivity index (χ0) is 22.1. The number of urea groups is 1. The van der Waals surface area contributed by atoms with E-state index < -0.39 is 0 Å². The van der Waals surface area contributed by atoms with Crippen LogP contribution >= 0.6 is 0 Å². The zero-order valence-electron chi connectivity index (χ0n) is 18.2. The molecule has 0 saturated carbocycles. The maximum atomic E-state index is 13.8. The molecule has 5 rings (SSSR count). The van der Waals surface area contributed by atoms with Gasteiger partial charge in [0.25, 0.3) is 0 Å². The van der Waals surface area contributed by atoms with E-state index in [2.05, 4.69) is 46.4 Å². The molecule has 0 bridgehead atoms. The van der Waals surface area contributed by atoms with Gasteiger partial charge in [0.1, 0.15) is 5.75 Å². The first-order chi connectivity index (χ1) is 15.7. The number of aromatic nitrogens is 1. The molecule has 1 aliphatic rings. The predicted molar refractivity (Wildman–Crippen MR) is 126 cm³/mol. The van der Waals surface area contributed by atoms with Crippen LogP contribution in [-0.2, 0) is 6.54 Å². The number of nitrogens with zero attached hydrogens (tertiary/aromatic N) is 2. The van der Waals surface area contributed by atoms with Crippen LogP contribution in [0.4, 0.5) is 10.5 Å². The van der Waals surface area contributed by atoms with Crippen molar-refractivity contribution >= 4 is 11.7 Å². The molecule has 4 aromatic rings. The van der Waals surface area contributed by atoms with Gasteiger partial charge in [0.15, 0.2) is 0 Å². The van der Waals surface area contributed by atoms with Crippen molar-refractivity contribution in [3.63, 3.8) is 0 Å². The highest BCUT2D eigenvalue weighted by Gasteiger charge is 2.33. The fourth-order valence-electron chi connectivity index (χ4n) is 4.43. The van der Waals surface area contributed by atoms with E-state index in [-0.39, 0.29) is 12.1 Å². The highest BCUT2D eigenvalue weighted by atomic mass is 16.5. The normalized spacial score (nSPS) is 14.8. The van der Waals surface area contributed by atoms with E-state index in [0.29, 0.717) is 18.0 Å². The third kappa shape index (κ3) is 3.52. The molecule has 0 fully saturated rings. The van der Waals surface area contributed by atoms with E-state index in [1.54, 1.807) is 7.11 Å². The Morgan fingerprint density at radius 3 is 2.56 bits per heavy atom. The minimum Gasteiger partial charge on any atom is -0.495 e. The lowest BCUT2D eigenvalue weighted by atomic mass is 10.0. The summed E-state index contributed by atoms with van der Waals surface area (Å²) >= 11 is 0. The van der Waals surface area contributed by atoms with Crippen molar-refractivity contribution in [2.75, 3.05) is 12.4 Å². The van der Waals surface area contributed by atoms with Crippen LogP contribution in [-0.4, -0.2) is 22.6 Å². The third-order valence-corrected chi connectivity index (χ3v) is 5.94. The van der Waals surface area contributed by atoms with Crippen molar-refractivity contribution in [3.05, 3.63) is 114 Å². The topological polar surface area (TPSA) is 46.5 Å². The van der Waals surface area contributed by atoms with Crippen LogP contribution in [0.5, 0.6) is 5.75 Å². The summed E-state index contributed by atoms with van der Waals surface area (Å²) in [6.07, 6.45) is 2.06. The minimum absolute atomic E-state index is 0.174. The quantitative estimate of drug-likeness (QED) is 0.444. The number of hydrogen-bond acceptors (Lipinski definition) is 2. The van der Waals surface area contributed by atoms with Crippen LogP contribution in [0, 0.1) is 6.92 Å². The molecule has 1 unspecified atom stereocenters. The molecule has 0 spiro atoms. The van der Waals surface area contributed by atoms with Crippen molar-refractivity contribution in [1.29, 1.82) is 0 Å². The number of hydrogen-bond donors (Lipinski definition) is 1. The van der Waals surface area contributed by atoms with Gasteiger partial charge in [-0.2, -0.15) is 0 Å². The number of amides is 2. The molecule has 3 aromatic carbocycles. The van der Waals surface area contributed by atoms with Gasteiger partial charge in [-0.15, -0.1) is 0 Å². The maximum Gasteiger partial charge on any atom is 0.323 e. The standard InChI is InChI=1S/C27H25N3O2/c1-19-14-15-25(32-2)22(17-19)28-27(31)30-18-21-11-6-7-12-23(21)29-16-8-13-24(29)26(30)20-9-4-3-5-10-20/h3-17,26H,18H2,1-2H3,(H,28,31). The van der Waals surface area contributed by atoms with Crippen molar-refractivity contribution in [1.82, 2.24) is 9.47 Å². The number of fused-ring (bicyclic) bond motifs is 3. The zero-order valence-corrected chi connectivity index (χ0v) is 18.2. The molecule has 2 heterocycles. The predicted octanol–water partition coefficient (Wildman–Crippen LogP) is 5.93. The number of ether oxygens (including phenoxy) is 1. The molecule has 1 atom stereocenters. The molecule has 32 heavy (non-hydrogen) atoms. The number of rotatable bonds is 3. The number of para-hydroxylation sites is 1. The summed E-state index contributed by atoms with van der Waals surface area (Å²) in [7, 11) is 1.61. The molecule has 1 aliphatic heterocycles. The van der Waals surface area contributed by atoms with Gasteiger partial charge < -0.3 is 19.5 Å². The summed E-state index contributed by atoms with van der Waals surface area (Å²) < 4.78 is 7.68. The van der Waals surface area contributed by atoms with Crippen LogP contribution in [0.3, 0.4) is 0 Å². The van der Waals surface area contributed by atoms with E-state index in [1.807, 2.05) is 66.4 Å². The van der Waals surface area contributed by atoms with Crippen molar-refractivity contribution in [2.24, 2.45) is 0 Å². The molecule has 0 aliphatic carbocycles. The highest BCUT2D eigenvalue weighted by Crippen LogP contribution is 2.37. The molecule has 0 saturated heterocycles. The summed E-state index contributed by atoms with van der Waals surface area (Å²) in [5, 5.41) is 3.11. The minimum atomic E-state index is -0.241. The SMILES string of the molecule is COc1ccc(C)cc1NC(=O)N1Cc2ccccc2-n2cccc2C1c1ccccc1. The monoisotopic (exact) mass is 423 g/mol. The summed E-state index contributed by atoms with van der Waals surface area (Å²) in [5.74, 6) is 0.638. The Hall–Kier alpha value is -3.99. The molecular formula is C27H25N3O2. The second kappa shape index (κ2) is 8.27. The average Bonchev–Trinajstić information content (AvgIpc) is 3.24. The van der Waals surface area contributed by atoms with Gasteiger partial charge in [-0.25, -0.2) is 4.79 Å². The molecule has 1 aromatic heterocycles. The molecule has 0 radical (unpaired) electrons. The Kier molecular flexibility index (Phi) is 5.15. The Balaban J connectivity index is 1.62. The van der Waals surface area contributed by atoms with Gasteiger partial charge in [-0.05, 0) is 53.9 Å². The van der Waals surface area contributed by atoms with Crippen molar-refractivity contribution in [2.45, 2.75) is 19.5 Å². The molecule has 160 valence electrons. The number of methoxy groups -OCH3 is 1. The first-order valence-corrected chi connectivity index (χ1v) is 10.7. The Morgan fingerprint density at radius 2 is 1.75 bits per heavy atom. The van der Waals surface area contributed by atoms with Crippen LogP contribution in [0.25, 0.3) is 5.69 Å². The Labute approximate surface area is 187 Å². The van der Waals surface area contributed by atoms with Crippen LogP contribution in [0.1, 0.15) is 28.4 Å². The number of carbonyl (C=O) groups is 1. The van der Waals surface area contributed by atoms with Gasteiger partial charge in [0.05, 0.1) is 31.1 Å². The molecular weight excluding hydrogens is 398 g/mol. The first-order valence-electron chi connectivity index (χ1n) is 10.7. The molecule has 5 nitrogen and oxygen atoms in total. The largest absolute Gasteiger partial charge is 0.495 e. The summed E-state index contributed by atoms with van der Waals surface area (Å²) in [6, 6.07) is 27.9. The number of anilines is 1. The Bertz CT molecular complexity index is 1260. The van der Waals surface area contributed by atoms with Crippen molar-refractivity contribution < 1.29 is 9.53 Å². The lowest BCUT2D eigenvalue weighted by molar-refractivity contribution is 0.194. The fourth-order valence-corrected chi connectivity index (χ4v) is 4.43. The average molecular weight is 424 g/mol. The van der Waals surface area contributed by atoms with Crippen LogP contribution in [0.15, 0.2) is 91.1 Å². The second-order valence-corrected chi connectivity index (χ2v) is 8.01. The van der Waals surface area contributed by atoms with E-state index in [9.17, 15) is 4.79 Å². The number of aryl methyl sites for hydroxylation is 1. The third-order valence-electron chi connectivity index (χ3n) is 5.94. The number of carbonyl (C=O) groups excluding carboxylic acids is 1. The van der Waals surface area contributed by atoms with Gasteiger partial charge in [0.2, 0.25) is 0 Å². The molecule has 2 amide bonds. The lowest BCUT2D eigenvalue weighted by Crippen LogP contribution is -2.38. The van der Waals surface area contributed by atoms with E-state index in [4.69, 9.17) is 4.74 Å². The Morgan fingerprint density at radius 1 is 0.969 bits per heavy atom. The van der Waals surface area contributed by atoms with Gasteiger partial charge in [-0.3, -0.25) is 0 Å². The lowest BCUT2D eigenvalue weighted by Gasteiger charge is -2.31. The second-order valence-electron chi connectivity index (χ2n) is 8.01. The highest BCUT2D eigenvalue weighted by molar-refractivity contribution is 5.92.